The standard InChI is InChI=1S/C23H17FN8.2C22H17N9.C19H15N7.C14H13N7O/c1-31-13-15(11-27-31)20-12-26-23-22(25-8-9-32(20)23)28-17-6-7-19-18(10-17)21(30-29-19)14-2-4-16(24)5-3-14;1-30-13-15(11-26-30)19-12-25-22-21(24-8-9-31(19)22)27-16-2-3-18-17(10-16)20(29-28-18)14-4-6-23-7-5-14;1-30-13-15(11-26-30)19-12-25-22-21(24-7-8-31(19)22)27-16-4-5-17-18(9-16)29-20(28-17)14-3-2-6-23-10-14;1-25-12-14(10-23-25)16-11-22-19-18(21-8-9-26(16)19)24-17-15-5-3-2-4-13(15)6-7-20-17;1-9-5-12(22-19-9)18-13-14-16-7-11(21(14)4-3-15-13)10-6-17-20(2)8-10/h2-13H,1H3,(H,25,28)(H,29,30);2*2-13H,1H3,(H,24,27)(H,28,29);2-12H,1H3,(H,20,21,24);3-8H,1-2H3,(H,15,18). The summed E-state index contributed by atoms with van der Waals surface area (Å²) in [5.74, 6) is 5.04. The van der Waals surface area contributed by atoms with Crippen molar-refractivity contribution in [2.45, 2.75) is 6.92 Å². The van der Waals surface area contributed by atoms with Crippen molar-refractivity contribution in [1.29, 1.82) is 0 Å². The molecule has 0 radical (unpaired) electrons. The maximum Gasteiger partial charge on any atom is 0.230 e. The summed E-state index contributed by atoms with van der Waals surface area (Å²) in [6.45, 7) is 1.86. The van der Waals surface area contributed by atoms with Crippen molar-refractivity contribution in [3.8, 4) is 90.2 Å². The summed E-state index contributed by atoms with van der Waals surface area (Å²) < 4.78 is 37.3. The van der Waals surface area contributed by atoms with E-state index in [1.54, 1.807) is 122 Å². The van der Waals surface area contributed by atoms with Gasteiger partial charge in [-0.25, -0.2) is 64.2 Å². The smallest absolute Gasteiger partial charge is 0.230 e. The molecule has 22 aromatic heterocycles. The molecule has 0 bridgehead atoms. The van der Waals surface area contributed by atoms with E-state index in [1.165, 1.54) is 12.1 Å². The first-order chi connectivity index (χ1) is 69.7. The zero-order valence-electron chi connectivity index (χ0n) is 76.2. The van der Waals surface area contributed by atoms with Crippen molar-refractivity contribution in [3.05, 3.63) is 337 Å². The third-order valence-corrected chi connectivity index (χ3v) is 23.3. The van der Waals surface area contributed by atoms with Crippen LogP contribution in [0.1, 0.15) is 5.69 Å². The van der Waals surface area contributed by atoms with Crippen LogP contribution in [0.5, 0.6) is 0 Å². The van der Waals surface area contributed by atoms with E-state index < -0.39 is 0 Å². The first-order valence-corrected chi connectivity index (χ1v) is 44.4. The Bertz CT molecular complexity index is 9240. The number of aromatic amines is 3. The van der Waals surface area contributed by atoms with Crippen molar-refractivity contribution in [1.82, 2.24) is 171 Å². The molecule has 22 heterocycles. The van der Waals surface area contributed by atoms with E-state index in [1.807, 2.05) is 267 Å². The molecule has 0 amide bonds. The van der Waals surface area contributed by atoms with Crippen LogP contribution >= 0.6 is 0 Å². The van der Waals surface area contributed by atoms with Crippen molar-refractivity contribution in [2.75, 3.05) is 26.6 Å². The molecule has 0 aliphatic heterocycles. The molecule has 27 aromatic rings. The van der Waals surface area contributed by atoms with Gasteiger partial charge in [0.1, 0.15) is 23.2 Å². The summed E-state index contributed by atoms with van der Waals surface area (Å²) in [5, 5.41) is 60.7. The number of nitrogens with one attached hydrogen (secondary N) is 8. The Kier molecular flexibility index (Phi) is 22.2. The molecular formula is C100H79FN40O. The summed E-state index contributed by atoms with van der Waals surface area (Å²) in [6, 6.07) is 43.9. The number of rotatable bonds is 18. The first-order valence-electron chi connectivity index (χ1n) is 44.4. The SMILES string of the molecule is Cc1cc(Nc2nccn3c(-c4cnn(C)c4)cnc23)on1.Cn1cc(-c2cnc3c(Nc4ccc5[nH]nc(-c6ccc(F)cc6)c5c4)nccn23)cn1.Cn1cc(-c2cnc3c(Nc4ccc5[nH]nc(-c6ccncc6)c5c4)nccn23)cn1.Cn1cc(-c2cnc3c(Nc4ccc5nc(-c6cccnc6)[nH]c5c4)nccn23)cn1.Cn1cc(-c2cnc3c(Nc4nccc5ccccc45)nccn23)cn1. The van der Waals surface area contributed by atoms with E-state index in [-0.39, 0.29) is 5.82 Å². The molecular weight excluding hydrogens is 1800 g/mol. The van der Waals surface area contributed by atoms with Crippen LogP contribution < -0.4 is 26.6 Å². The van der Waals surface area contributed by atoms with Gasteiger partial charge in [0.25, 0.3) is 0 Å². The zero-order chi connectivity index (χ0) is 95.8. The molecule has 142 heavy (non-hydrogen) atoms. The predicted octanol–water partition coefficient (Wildman–Crippen LogP) is 17.8. The summed E-state index contributed by atoms with van der Waals surface area (Å²) >= 11 is 0. The van der Waals surface area contributed by atoms with Crippen molar-refractivity contribution in [2.24, 2.45) is 35.2 Å². The number of aromatic nitrogens is 35. The fraction of sp³-hybridized carbons (Fsp3) is 0.0600. The highest BCUT2D eigenvalue weighted by Crippen LogP contribution is 2.37. The van der Waals surface area contributed by atoms with E-state index in [9.17, 15) is 4.39 Å². The Morgan fingerprint density at radius 2 is 0.732 bits per heavy atom. The lowest BCUT2D eigenvalue weighted by Gasteiger charge is -2.09. The van der Waals surface area contributed by atoms with Crippen molar-refractivity contribution in [3.63, 3.8) is 0 Å². The number of hydrogen-bond acceptors (Lipinski definition) is 28. The Labute approximate surface area is 801 Å². The van der Waals surface area contributed by atoms with Gasteiger partial charge in [-0.05, 0) is 122 Å². The largest absolute Gasteiger partial charge is 0.338 e. The Morgan fingerprint density at radius 3 is 1.15 bits per heavy atom. The molecule has 0 atom stereocenters. The Balaban J connectivity index is 0.0000000992. The summed E-state index contributed by atoms with van der Waals surface area (Å²) in [4.78, 5) is 65.8. The van der Waals surface area contributed by atoms with Gasteiger partial charge in [-0.15, -0.1) is 0 Å². The second-order valence-corrected chi connectivity index (χ2v) is 32.9. The predicted molar refractivity (Wildman–Crippen MR) is 535 cm³/mol. The number of imidazole rings is 6. The molecule has 0 spiro atoms. The summed E-state index contributed by atoms with van der Waals surface area (Å²) in [5.41, 5.74) is 24.9. The molecule has 0 aliphatic carbocycles. The topological polar surface area (TPSA) is 451 Å². The van der Waals surface area contributed by atoms with Gasteiger partial charge in [0.05, 0.1) is 124 Å². The summed E-state index contributed by atoms with van der Waals surface area (Å²) in [6.07, 6.45) is 54.9. The molecule has 0 aliphatic rings. The number of H-pyrrole nitrogens is 3. The van der Waals surface area contributed by atoms with E-state index >= 15 is 0 Å². The van der Waals surface area contributed by atoms with E-state index in [2.05, 4.69) is 165 Å². The number of aryl methyl sites for hydroxylation is 6. The van der Waals surface area contributed by atoms with Gasteiger partial charge in [0.2, 0.25) is 5.88 Å². The molecule has 0 unspecified atom stereocenters. The fourth-order valence-electron chi connectivity index (χ4n) is 16.6. The second kappa shape index (κ2) is 36.7. The lowest BCUT2D eigenvalue weighted by Crippen LogP contribution is -2.00. The van der Waals surface area contributed by atoms with E-state index in [4.69, 9.17) is 4.52 Å². The summed E-state index contributed by atoms with van der Waals surface area (Å²) in [7, 11) is 9.45. The van der Waals surface area contributed by atoms with Crippen LogP contribution in [-0.4, -0.2) is 171 Å². The third-order valence-electron chi connectivity index (χ3n) is 23.3. The number of nitrogens with zero attached hydrogens (tertiary/aromatic N) is 32. The zero-order valence-corrected chi connectivity index (χ0v) is 76.2. The average Bonchev–Trinajstić information content (AvgIpc) is 0.936. The van der Waals surface area contributed by atoms with Gasteiger partial charge in [-0.2, -0.15) is 35.7 Å². The van der Waals surface area contributed by atoms with Crippen LogP contribution in [0.2, 0.25) is 0 Å². The molecule has 0 saturated carbocycles. The quantitative estimate of drug-likeness (QED) is 0.0395. The minimum absolute atomic E-state index is 0.277. The van der Waals surface area contributed by atoms with Gasteiger partial charge >= 0.3 is 0 Å². The number of fused-ring (bicyclic) bond motifs is 9. The van der Waals surface area contributed by atoms with Crippen LogP contribution in [-0.2, 0) is 35.2 Å². The maximum atomic E-state index is 13.3. The van der Waals surface area contributed by atoms with Gasteiger partial charge in [-0.1, -0.05) is 29.4 Å². The molecule has 0 fully saturated rings. The van der Waals surface area contributed by atoms with Crippen LogP contribution in [0.3, 0.4) is 0 Å². The van der Waals surface area contributed by atoms with Crippen molar-refractivity contribution >= 4 is 130 Å². The molecule has 0 saturated heterocycles. The lowest BCUT2D eigenvalue weighted by molar-refractivity contribution is 0.430. The number of anilines is 10. The van der Waals surface area contributed by atoms with Crippen LogP contribution in [0.15, 0.2) is 330 Å². The van der Waals surface area contributed by atoms with E-state index in [0.29, 0.717) is 46.3 Å². The van der Waals surface area contributed by atoms with Gasteiger partial charge in [-0.3, -0.25) is 65.6 Å². The maximum absolute atomic E-state index is 13.3. The number of pyridine rings is 3. The molecule has 5 aromatic carbocycles. The Morgan fingerprint density at radius 1 is 0.317 bits per heavy atom. The highest BCUT2D eigenvalue weighted by molar-refractivity contribution is 5.98. The molecule has 42 heteroatoms. The Hall–Kier alpha value is -20.5. The van der Waals surface area contributed by atoms with Gasteiger partial charge < -0.3 is 36.1 Å². The van der Waals surface area contributed by atoms with E-state index in [0.717, 1.165) is 179 Å². The van der Waals surface area contributed by atoms with Crippen LogP contribution in [0, 0.1) is 12.7 Å². The first kappa shape index (κ1) is 85.7. The van der Waals surface area contributed by atoms with Gasteiger partial charge in [0, 0.05) is 243 Å². The minimum Gasteiger partial charge on any atom is -0.338 e. The highest BCUT2D eigenvalue weighted by atomic mass is 19.1. The fourth-order valence-corrected chi connectivity index (χ4v) is 16.6. The van der Waals surface area contributed by atoms with Crippen LogP contribution in [0.25, 0.3) is 162 Å². The number of benzene rings is 5. The molecule has 27 rings (SSSR count). The molecule has 8 N–H and O–H groups in total. The molecule has 692 valence electrons. The lowest BCUT2D eigenvalue weighted by atomic mass is 10.1. The second-order valence-electron chi connectivity index (χ2n) is 32.9. The molecule has 41 nitrogen and oxygen atoms in total. The average molecular weight is 1880 g/mol. The van der Waals surface area contributed by atoms with Gasteiger partial charge in [0.15, 0.2) is 57.3 Å². The van der Waals surface area contributed by atoms with Crippen LogP contribution in [0.4, 0.5) is 62.2 Å². The highest BCUT2D eigenvalue weighted by Gasteiger charge is 2.22. The normalized spacial score (nSPS) is 11.3. The number of hydrogen-bond donors (Lipinski definition) is 8. The minimum atomic E-state index is -0.277. The van der Waals surface area contributed by atoms with Crippen molar-refractivity contribution < 1.29 is 8.91 Å². The number of halogens is 1. The monoisotopic (exact) mass is 1870 g/mol. The third kappa shape index (κ3) is 17.2.